The molecule has 0 aliphatic carbocycles. The summed E-state index contributed by atoms with van der Waals surface area (Å²) in [4.78, 5) is 1.91. The lowest BCUT2D eigenvalue weighted by molar-refractivity contribution is 0.478. The van der Waals surface area contributed by atoms with Crippen LogP contribution in [0.2, 0.25) is 0 Å². The fourth-order valence-electron chi connectivity index (χ4n) is 2.64. The fourth-order valence-corrected chi connectivity index (χ4v) is 2.64. The monoisotopic (exact) mass is 281 g/mol. The zero-order valence-electron chi connectivity index (χ0n) is 12.0. The zero-order chi connectivity index (χ0) is 15.0. The molecule has 0 unspecified atom stereocenters. The minimum atomic E-state index is -0.317. The molecule has 0 aromatic heterocycles. The van der Waals surface area contributed by atoms with Crippen molar-refractivity contribution in [2.45, 2.75) is 0 Å². The number of fused-ring (bicyclic) bond motifs is 1. The lowest BCUT2D eigenvalue weighted by atomic mass is 9.95. The Morgan fingerprint density at radius 2 is 1.71 bits per heavy atom. The zero-order valence-corrected chi connectivity index (χ0v) is 12.0. The van der Waals surface area contributed by atoms with Crippen LogP contribution in [0.25, 0.3) is 21.9 Å². The van der Waals surface area contributed by atoms with Crippen molar-refractivity contribution in [1.29, 1.82) is 0 Å². The van der Waals surface area contributed by atoms with Crippen LogP contribution in [0.3, 0.4) is 0 Å². The Morgan fingerprint density at radius 3 is 2.48 bits per heavy atom. The van der Waals surface area contributed by atoms with Gasteiger partial charge in [0.2, 0.25) is 0 Å². The molecule has 106 valence electrons. The van der Waals surface area contributed by atoms with Crippen LogP contribution < -0.4 is 4.90 Å². The molecule has 0 amide bonds. The van der Waals surface area contributed by atoms with E-state index in [4.69, 9.17) is 0 Å². The van der Waals surface area contributed by atoms with Gasteiger partial charge in [0.15, 0.2) is 0 Å². The van der Waals surface area contributed by atoms with E-state index in [0.717, 1.165) is 16.5 Å². The summed E-state index contributed by atoms with van der Waals surface area (Å²) >= 11 is 0. The third-order valence-electron chi connectivity index (χ3n) is 3.62. The van der Waals surface area contributed by atoms with Crippen molar-refractivity contribution in [2.75, 3.05) is 19.0 Å². The highest BCUT2D eigenvalue weighted by atomic mass is 19.1. The van der Waals surface area contributed by atoms with Gasteiger partial charge in [-0.2, -0.15) is 0 Å². The van der Waals surface area contributed by atoms with Crippen LogP contribution in [0.15, 0.2) is 54.6 Å². The summed E-state index contributed by atoms with van der Waals surface area (Å²) in [6.45, 7) is 0. The van der Waals surface area contributed by atoms with Crippen LogP contribution in [0, 0.1) is 5.82 Å². The van der Waals surface area contributed by atoms with E-state index >= 15 is 0 Å². The van der Waals surface area contributed by atoms with Crippen LogP contribution in [0.4, 0.5) is 10.1 Å². The first-order valence-corrected chi connectivity index (χ1v) is 6.76. The number of hydrogen-bond acceptors (Lipinski definition) is 2. The maximum absolute atomic E-state index is 13.7. The van der Waals surface area contributed by atoms with Gasteiger partial charge in [0.25, 0.3) is 0 Å². The standard InChI is InChI=1S/C18H16FNO/c1-20(2)16-9-8-13(19)11-15(16)18-14-6-4-3-5-12(14)7-10-17(18)21/h3-11,21H,1-2H3. The Bertz CT molecular complexity index is 811. The molecule has 0 saturated carbocycles. The molecular formula is C18H16FNO. The van der Waals surface area contributed by atoms with Crippen LogP contribution >= 0.6 is 0 Å². The summed E-state index contributed by atoms with van der Waals surface area (Å²) in [6, 6.07) is 15.9. The largest absolute Gasteiger partial charge is 0.507 e. The van der Waals surface area contributed by atoms with Crippen molar-refractivity contribution >= 4 is 16.5 Å². The molecule has 21 heavy (non-hydrogen) atoms. The average Bonchev–Trinajstić information content (AvgIpc) is 2.46. The first-order chi connectivity index (χ1) is 10.1. The highest BCUT2D eigenvalue weighted by Gasteiger charge is 2.15. The molecule has 3 aromatic rings. The maximum atomic E-state index is 13.7. The number of hydrogen-bond donors (Lipinski definition) is 1. The molecule has 1 N–H and O–H groups in total. The van der Waals surface area contributed by atoms with E-state index in [9.17, 15) is 9.50 Å². The van der Waals surface area contributed by atoms with Crippen molar-refractivity contribution in [3.63, 3.8) is 0 Å². The van der Waals surface area contributed by atoms with E-state index in [0.29, 0.717) is 11.1 Å². The van der Waals surface area contributed by atoms with Gasteiger partial charge >= 0.3 is 0 Å². The van der Waals surface area contributed by atoms with Gasteiger partial charge in [-0.15, -0.1) is 0 Å². The number of nitrogens with zero attached hydrogens (tertiary/aromatic N) is 1. The number of phenols is 1. The predicted molar refractivity (Wildman–Crippen MR) is 85.3 cm³/mol. The molecule has 0 spiro atoms. The number of rotatable bonds is 2. The molecule has 0 saturated heterocycles. The molecule has 0 radical (unpaired) electrons. The second kappa shape index (κ2) is 5.09. The predicted octanol–water partition coefficient (Wildman–Crippen LogP) is 4.42. The average molecular weight is 281 g/mol. The molecule has 3 aromatic carbocycles. The minimum Gasteiger partial charge on any atom is -0.507 e. The van der Waals surface area contributed by atoms with Crippen LogP contribution in [-0.4, -0.2) is 19.2 Å². The summed E-state index contributed by atoms with van der Waals surface area (Å²) in [5, 5.41) is 12.2. The third-order valence-corrected chi connectivity index (χ3v) is 3.62. The second-order valence-electron chi connectivity index (χ2n) is 5.24. The van der Waals surface area contributed by atoms with Gasteiger partial charge in [-0.25, -0.2) is 4.39 Å². The van der Waals surface area contributed by atoms with E-state index < -0.39 is 0 Å². The minimum absolute atomic E-state index is 0.155. The van der Waals surface area contributed by atoms with Gasteiger partial charge in [-0.05, 0) is 35.0 Å². The SMILES string of the molecule is CN(C)c1ccc(F)cc1-c1c(O)ccc2ccccc12. The molecule has 0 atom stereocenters. The normalized spacial score (nSPS) is 10.8. The van der Waals surface area contributed by atoms with Crippen molar-refractivity contribution in [2.24, 2.45) is 0 Å². The van der Waals surface area contributed by atoms with Crippen molar-refractivity contribution in [3.05, 3.63) is 60.4 Å². The van der Waals surface area contributed by atoms with Crippen LogP contribution in [0.1, 0.15) is 0 Å². The fraction of sp³-hybridized carbons (Fsp3) is 0.111. The van der Waals surface area contributed by atoms with Crippen molar-refractivity contribution in [3.8, 4) is 16.9 Å². The Hall–Kier alpha value is -2.55. The van der Waals surface area contributed by atoms with E-state index in [-0.39, 0.29) is 11.6 Å². The second-order valence-corrected chi connectivity index (χ2v) is 5.24. The van der Waals surface area contributed by atoms with Crippen LogP contribution in [0.5, 0.6) is 5.75 Å². The number of benzene rings is 3. The third kappa shape index (κ3) is 2.31. The topological polar surface area (TPSA) is 23.5 Å². The molecule has 3 heteroatoms. The molecule has 3 rings (SSSR count). The van der Waals surface area contributed by atoms with Crippen molar-refractivity contribution < 1.29 is 9.50 Å². The molecule has 0 aliphatic heterocycles. The summed E-state index contributed by atoms with van der Waals surface area (Å²) in [5.41, 5.74) is 2.22. The Balaban J connectivity index is 2.40. The molecule has 0 fully saturated rings. The number of phenolic OH excluding ortho intramolecular Hbond substituents is 1. The first-order valence-electron chi connectivity index (χ1n) is 6.76. The highest BCUT2D eigenvalue weighted by Crippen LogP contribution is 2.41. The molecule has 0 aliphatic rings. The summed E-state index contributed by atoms with van der Waals surface area (Å²) in [5.74, 6) is -0.162. The maximum Gasteiger partial charge on any atom is 0.124 e. The molecule has 0 bridgehead atoms. The van der Waals surface area contributed by atoms with E-state index in [2.05, 4.69) is 0 Å². The van der Waals surface area contributed by atoms with Gasteiger partial charge in [0.1, 0.15) is 11.6 Å². The lowest BCUT2D eigenvalue weighted by Gasteiger charge is -2.19. The molecule has 2 nitrogen and oxygen atoms in total. The van der Waals surface area contributed by atoms with Crippen LogP contribution in [-0.2, 0) is 0 Å². The smallest absolute Gasteiger partial charge is 0.124 e. The van der Waals surface area contributed by atoms with Crippen molar-refractivity contribution in [1.82, 2.24) is 0 Å². The Morgan fingerprint density at radius 1 is 0.952 bits per heavy atom. The quantitative estimate of drug-likeness (QED) is 0.751. The van der Waals surface area contributed by atoms with Gasteiger partial charge in [-0.1, -0.05) is 30.3 Å². The Kier molecular flexibility index (Phi) is 3.26. The highest BCUT2D eigenvalue weighted by molar-refractivity contribution is 6.02. The summed E-state index contributed by atoms with van der Waals surface area (Å²) < 4.78 is 13.7. The molecule has 0 heterocycles. The number of aromatic hydroxyl groups is 1. The number of halogens is 1. The van der Waals surface area contributed by atoms with Gasteiger partial charge in [0.05, 0.1) is 0 Å². The van der Waals surface area contributed by atoms with E-state index in [1.54, 1.807) is 12.1 Å². The van der Waals surface area contributed by atoms with E-state index in [1.165, 1.54) is 12.1 Å². The summed E-state index contributed by atoms with van der Waals surface area (Å²) in [7, 11) is 3.80. The van der Waals surface area contributed by atoms with Gasteiger partial charge < -0.3 is 10.0 Å². The van der Waals surface area contributed by atoms with Gasteiger partial charge in [-0.3, -0.25) is 0 Å². The number of anilines is 1. The molecular weight excluding hydrogens is 265 g/mol. The lowest BCUT2D eigenvalue weighted by Crippen LogP contribution is -2.10. The first kappa shape index (κ1) is 13.4. The summed E-state index contributed by atoms with van der Waals surface area (Å²) in [6.07, 6.45) is 0. The van der Waals surface area contributed by atoms with E-state index in [1.807, 2.05) is 49.3 Å². The Labute approximate surface area is 123 Å². The van der Waals surface area contributed by atoms with Gasteiger partial charge in [0, 0.05) is 30.9 Å².